The first-order valence-corrected chi connectivity index (χ1v) is 10.2. The first-order chi connectivity index (χ1) is 13.1. The highest BCUT2D eigenvalue weighted by Crippen LogP contribution is 2.47. The molecule has 0 spiro atoms. The number of carbonyl (C=O) groups is 2. The second-order valence-electron chi connectivity index (χ2n) is 8.27. The lowest BCUT2D eigenvalue weighted by atomic mass is 9.94. The molecule has 1 aromatic carbocycles. The number of likely N-dealkylation sites (tertiary alicyclic amines) is 2. The van der Waals surface area contributed by atoms with Crippen LogP contribution in [0.5, 0.6) is 0 Å². The van der Waals surface area contributed by atoms with Gasteiger partial charge in [-0.05, 0) is 56.2 Å². The van der Waals surface area contributed by atoms with Crippen LogP contribution in [0.15, 0.2) is 24.3 Å². The molecule has 1 atom stereocenters. The van der Waals surface area contributed by atoms with E-state index in [4.69, 9.17) is 0 Å². The van der Waals surface area contributed by atoms with Crippen molar-refractivity contribution in [3.05, 3.63) is 35.6 Å². The summed E-state index contributed by atoms with van der Waals surface area (Å²) in [5.74, 6) is -0.319. The minimum Gasteiger partial charge on any atom is -0.355 e. The first kappa shape index (κ1) is 18.3. The number of hydrogen-bond acceptors (Lipinski definition) is 2. The number of amides is 3. The lowest BCUT2D eigenvalue weighted by Gasteiger charge is -2.34. The molecule has 6 heteroatoms. The SMILES string of the molecule is O=C(NCC1(c2ccc(F)cc2)CC1)[C@H]1CCCN(C(=O)N2CCCC2)C1. The third kappa shape index (κ3) is 3.94. The van der Waals surface area contributed by atoms with Gasteiger partial charge in [0.2, 0.25) is 5.91 Å². The van der Waals surface area contributed by atoms with E-state index in [1.807, 2.05) is 21.9 Å². The van der Waals surface area contributed by atoms with E-state index in [1.165, 1.54) is 12.1 Å². The average molecular weight is 373 g/mol. The molecule has 3 aliphatic rings. The highest BCUT2D eigenvalue weighted by Gasteiger charge is 2.44. The lowest BCUT2D eigenvalue weighted by Crippen LogP contribution is -2.50. The molecule has 2 saturated heterocycles. The summed E-state index contributed by atoms with van der Waals surface area (Å²) in [5.41, 5.74) is 1.06. The Morgan fingerprint density at radius 1 is 1.04 bits per heavy atom. The molecule has 0 bridgehead atoms. The first-order valence-electron chi connectivity index (χ1n) is 10.2. The van der Waals surface area contributed by atoms with E-state index >= 15 is 0 Å². The van der Waals surface area contributed by atoms with Crippen molar-refractivity contribution in [2.45, 2.75) is 43.9 Å². The normalized spacial score (nSPS) is 24.0. The van der Waals surface area contributed by atoms with E-state index in [9.17, 15) is 14.0 Å². The van der Waals surface area contributed by atoms with Gasteiger partial charge in [-0.3, -0.25) is 4.79 Å². The predicted molar refractivity (Wildman–Crippen MR) is 101 cm³/mol. The summed E-state index contributed by atoms with van der Waals surface area (Å²) < 4.78 is 13.2. The van der Waals surface area contributed by atoms with Crippen molar-refractivity contribution in [3.8, 4) is 0 Å². The highest BCUT2D eigenvalue weighted by molar-refractivity contribution is 5.81. The van der Waals surface area contributed by atoms with Crippen molar-refractivity contribution in [2.24, 2.45) is 5.92 Å². The maximum Gasteiger partial charge on any atom is 0.320 e. The molecule has 3 amide bonds. The van der Waals surface area contributed by atoms with Crippen molar-refractivity contribution in [3.63, 3.8) is 0 Å². The van der Waals surface area contributed by atoms with E-state index in [0.717, 1.165) is 63.7 Å². The molecule has 5 nitrogen and oxygen atoms in total. The van der Waals surface area contributed by atoms with Gasteiger partial charge in [-0.2, -0.15) is 0 Å². The molecule has 0 aromatic heterocycles. The monoisotopic (exact) mass is 373 g/mol. The van der Waals surface area contributed by atoms with Crippen LogP contribution in [0, 0.1) is 11.7 Å². The second-order valence-corrected chi connectivity index (χ2v) is 8.27. The molecule has 1 saturated carbocycles. The number of halogens is 1. The van der Waals surface area contributed by atoms with E-state index in [-0.39, 0.29) is 29.1 Å². The third-order valence-corrected chi connectivity index (χ3v) is 6.35. The fourth-order valence-corrected chi connectivity index (χ4v) is 4.40. The standard InChI is InChI=1S/C21H28FN3O2/c22-18-7-5-17(6-8-18)21(9-10-21)15-23-19(26)16-4-3-13-25(14-16)20(27)24-11-1-2-12-24/h5-8,16H,1-4,9-15H2,(H,23,26)/t16-/m0/s1. The predicted octanol–water partition coefficient (Wildman–Crippen LogP) is 2.90. The molecule has 2 heterocycles. The number of nitrogens with zero attached hydrogens (tertiary/aromatic N) is 2. The molecule has 146 valence electrons. The Morgan fingerprint density at radius 3 is 2.37 bits per heavy atom. The Hall–Kier alpha value is -2.11. The Bertz CT molecular complexity index is 696. The van der Waals surface area contributed by atoms with Gasteiger partial charge < -0.3 is 15.1 Å². The van der Waals surface area contributed by atoms with Crippen molar-refractivity contribution >= 4 is 11.9 Å². The molecule has 1 aliphatic carbocycles. The molecule has 1 aromatic rings. The van der Waals surface area contributed by atoms with Crippen LogP contribution in [0.3, 0.4) is 0 Å². The van der Waals surface area contributed by atoms with Gasteiger partial charge in [-0.15, -0.1) is 0 Å². The van der Waals surface area contributed by atoms with Crippen LogP contribution in [0.2, 0.25) is 0 Å². The van der Waals surface area contributed by atoms with Gasteiger partial charge >= 0.3 is 6.03 Å². The Balaban J connectivity index is 1.31. The quantitative estimate of drug-likeness (QED) is 0.882. The summed E-state index contributed by atoms with van der Waals surface area (Å²) in [6.45, 7) is 3.54. The van der Waals surface area contributed by atoms with Crippen molar-refractivity contribution in [1.82, 2.24) is 15.1 Å². The largest absolute Gasteiger partial charge is 0.355 e. The zero-order valence-electron chi connectivity index (χ0n) is 15.8. The van der Waals surface area contributed by atoms with Gasteiger partial charge in [0.15, 0.2) is 0 Å². The average Bonchev–Trinajstić information content (AvgIpc) is 3.29. The number of carbonyl (C=O) groups excluding carboxylic acids is 2. The maximum atomic E-state index is 13.2. The van der Waals surface area contributed by atoms with Crippen LogP contribution in [0.4, 0.5) is 9.18 Å². The minimum absolute atomic E-state index is 0.0386. The van der Waals surface area contributed by atoms with Gasteiger partial charge in [0.25, 0.3) is 0 Å². The van der Waals surface area contributed by atoms with Crippen molar-refractivity contribution in [2.75, 3.05) is 32.7 Å². The topological polar surface area (TPSA) is 52.7 Å². The van der Waals surface area contributed by atoms with Crippen molar-refractivity contribution in [1.29, 1.82) is 0 Å². The molecular formula is C21H28FN3O2. The molecule has 1 N–H and O–H groups in total. The van der Waals surface area contributed by atoms with Crippen LogP contribution in [-0.2, 0) is 10.2 Å². The summed E-state index contributed by atoms with van der Waals surface area (Å²) in [6, 6.07) is 6.72. The zero-order valence-corrected chi connectivity index (χ0v) is 15.8. The van der Waals surface area contributed by atoms with Crippen LogP contribution >= 0.6 is 0 Å². The Morgan fingerprint density at radius 2 is 1.70 bits per heavy atom. The van der Waals surface area contributed by atoms with Crippen LogP contribution < -0.4 is 5.32 Å². The molecule has 0 radical (unpaired) electrons. The van der Waals surface area contributed by atoms with Crippen molar-refractivity contribution < 1.29 is 14.0 Å². The lowest BCUT2D eigenvalue weighted by molar-refractivity contribution is -0.126. The Labute approximate surface area is 159 Å². The smallest absolute Gasteiger partial charge is 0.320 e. The van der Waals surface area contributed by atoms with E-state index in [0.29, 0.717) is 13.1 Å². The van der Waals surface area contributed by atoms with Gasteiger partial charge in [-0.1, -0.05) is 12.1 Å². The zero-order chi connectivity index (χ0) is 18.9. The summed E-state index contributed by atoms with van der Waals surface area (Å²) in [7, 11) is 0. The molecule has 4 rings (SSSR count). The van der Waals surface area contributed by atoms with Gasteiger partial charge in [-0.25, -0.2) is 9.18 Å². The van der Waals surface area contributed by atoms with Crippen LogP contribution in [-0.4, -0.2) is 54.5 Å². The Kier molecular flexibility index (Phi) is 5.06. The van der Waals surface area contributed by atoms with Crippen LogP contribution in [0.25, 0.3) is 0 Å². The van der Waals surface area contributed by atoms with E-state index in [2.05, 4.69) is 5.32 Å². The molecular weight excluding hydrogens is 345 g/mol. The number of urea groups is 1. The number of piperidine rings is 1. The van der Waals surface area contributed by atoms with Gasteiger partial charge in [0.1, 0.15) is 5.82 Å². The number of hydrogen-bond donors (Lipinski definition) is 1. The second kappa shape index (κ2) is 7.49. The number of rotatable bonds is 4. The third-order valence-electron chi connectivity index (χ3n) is 6.35. The fraction of sp³-hybridized carbons (Fsp3) is 0.619. The summed E-state index contributed by atoms with van der Waals surface area (Å²) in [5, 5.41) is 3.11. The number of benzene rings is 1. The van der Waals surface area contributed by atoms with Gasteiger partial charge in [0.05, 0.1) is 5.92 Å². The molecule has 27 heavy (non-hydrogen) atoms. The van der Waals surface area contributed by atoms with E-state index < -0.39 is 0 Å². The fourth-order valence-electron chi connectivity index (χ4n) is 4.40. The number of nitrogens with one attached hydrogen (secondary N) is 1. The maximum absolute atomic E-state index is 13.2. The molecule has 3 fully saturated rings. The summed E-state index contributed by atoms with van der Waals surface area (Å²) >= 11 is 0. The summed E-state index contributed by atoms with van der Waals surface area (Å²) in [6.07, 6.45) is 5.90. The molecule has 2 aliphatic heterocycles. The molecule has 0 unspecified atom stereocenters. The van der Waals surface area contributed by atoms with E-state index in [1.54, 1.807) is 0 Å². The summed E-state index contributed by atoms with van der Waals surface area (Å²) in [4.78, 5) is 29.1. The van der Waals surface area contributed by atoms with Gasteiger partial charge in [0, 0.05) is 38.1 Å². The minimum atomic E-state index is -0.233. The van der Waals surface area contributed by atoms with Crippen LogP contribution in [0.1, 0.15) is 44.1 Å². The highest BCUT2D eigenvalue weighted by atomic mass is 19.1.